The fourth-order valence-corrected chi connectivity index (χ4v) is 1.78. The predicted molar refractivity (Wildman–Crippen MR) is 62.1 cm³/mol. The number of aryl methyl sites for hydroxylation is 1. The number of hydrogen-bond donors (Lipinski definition) is 1. The zero-order valence-corrected chi connectivity index (χ0v) is 9.68. The zero-order valence-electron chi connectivity index (χ0n) is 9.68. The fraction of sp³-hybridized carbons (Fsp3) is 0.417. The van der Waals surface area contributed by atoms with E-state index in [0.717, 1.165) is 13.0 Å². The quantitative estimate of drug-likeness (QED) is 0.836. The Morgan fingerprint density at radius 2 is 2.44 bits per heavy atom. The van der Waals surface area contributed by atoms with Crippen molar-refractivity contribution in [3.05, 3.63) is 42.1 Å². The average Bonchev–Trinajstić information content (AvgIpc) is 2.96. The number of nitrogens with one attached hydrogen (secondary N) is 1. The van der Waals surface area contributed by atoms with Gasteiger partial charge < -0.3 is 9.73 Å². The summed E-state index contributed by atoms with van der Waals surface area (Å²) in [6, 6.07) is 2.28. The lowest BCUT2D eigenvalue weighted by Gasteiger charge is -2.12. The number of hydrogen-bond acceptors (Lipinski definition) is 3. The van der Waals surface area contributed by atoms with Crippen LogP contribution in [0.2, 0.25) is 0 Å². The summed E-state index contributed by atoms with van der Waals surface area (Å²) in [6.07, 6.45) is 8.43. The van der Waals surface area contributed by atoms with Crippen LogP contribution in [-0.2, 0) is 13.0 Å². The van der Waals surface area contributed by atoms with Gasteiger partial charge in [0.1, 0.15) is 0 Å². The van der Waals surface area contributed by atoms with Crippen molar-refractivity contribution in [2.45, 2.75) is 25.9 Å². The van der Waals surface area contributed by atoms with Crippen LogP contribution in [0.15, 0.2) is 35.4 Å². The summed E-state index contributed by atoms with van der Waals surface area (Å²) in [5, 5.41) is 7.55. The maximum Gasteiger partial charge on any atom is 0.0950 e. The molecule has 0 fully saturated rings. The topological polar surface area (TPSA) is 43.0 Å². The van der Waals surface area contributed by atoms with E-state index in [2.05, 4.69) is 23.5 Å². The Bertz CT molecular complexity index is 419. The molecule has 0 radical (unpaired) electrons. The molecule has 0 aromatic carbocycles. The summed E-state index contributed by atoms with van der Waals surface area (Å²) in [5.74, 6) is 0. The van der Waals surface area contributed by atoms with Crippen LogP contribution >= 0.6 is 0 Å². The molecular weight excluding hydrogens is 202 g/mol. The molecular formula is C12H17N3O. The molecule has 0 aliphatic rings. The van der Waals surface area contributed by atoms with Crippen molar-refractivity contribution >= 4 is 0 Å². The Hall–Kier alpha value is -1.55. The normalized spacial score (nSPS) is 12.9. The van der Waals surface area contributed by atoms with Crippen molar-refractivity contribution in [3.63, 3.8) is 0 Å². The number of furan rings is 1. The van der Waals surface area contributed by atoms with Gasteiger partial charge in [0.15, 0.2) is 0 Å². The molecule has 1 N–H and O–H groups in total. The Kier molecular flexibility index (Phi) is 3.41. The van der Waals surface area contributed by atoms with Crippen LogP contribution in [0.25, 0.3) is 0 Å². The van der Waals surface area contributed by atoms with Crippen molar-refractivity contribution in [2.75, 3.05) is 7.05 Å². The van der Waals surface area contributed by atoms with Crippen molar-refractivity contribution in [2.24, 2.45) is 0 Å². The summed E-state index contributed by atoms with van der Waals surface area (Å²) in [5.41, 5.74) is 2.41. The van der Waals surface area contributed by atoms with Crippen LogP contribution in [0.3, 0.4) is 0 Å². The van der Waals surface area contributed by atoms with E-state index in [4.69, 9.17) is 4.42 Å². The lowest BCUT2D eigenvalue weighted by Crippen LogP contribution is -2.17. The molecule has 4 heteroatoms. The number of nitrogens with zero attached hydrogens (tertiary/aromatic N) is 2. The summed E-state index contributed by atoms with van der Waals surface area (Å²) < 4.78 is 7.04. The molecule has 0 aliphatic heterocycles. The third-order valence-corrected chi connectivity index (χ3v) is 2.74. The molecule has 2 aromatic heterocycles. The van der Waals surface area contributed by atoms with E-state index in [1.54, 1.807) is 12.5 Å². The molecule has 4 nitrogen and oxygen atoms in total. The second-order valence-corrected chi connectivity index (χ2v) is 3.81. The van der Waals surface area contributed by atoms with E-state index in [1.807, 2.05) is 24.0 Å². The molecule has 2 aromatic rings. The van der Waals surface area contributed by atoms with E-state index < -0.39 is 0 Å². The predicted octanol–water partition coefficient (Wildman–Crippen LogP) is 2.00. The monoisotopic (exact) mass is 219 g/mol. The molecule has 0 bridgehead atoms. The number of aromatic nitrogens is 2. The van der Waals surface area contributed by atoms with E-state index in [9.17, 15) is 0 Å². The average molecular weight is 219 g/mol. The van der Waals surface area contributed by atoms with Crippen LogP contribution in [0, 0.1) is 0 Å². The van der Waals surface area contributed by atoms with E-state index >= 15 is 0 Å². The lowest BCUT2D eigenvalue weighted by molar-refractivity contribution is 0.542. The van der Waals surface area contributed by atoms with Gasteiger partial charge in [0.25, 0.3) is 0 Å². The smallest absolute Gasteiger partial charge is 0.0950 e. The van der Waals surface area contributed by atoms with Crippen molar-refractivity contribution in [1.29, 1.82) is 0 Å². The van der Waals surface area contributed by atoms with E-state index in [0.29, 0.717) is 0 Å². The molecule has 0 saturated carbocycles. The highest BCUT2D eigenvalue weighted by Gasteiger charge is 2.12. The largest absolute Gasteiger partial charge is 0.472 e. The van der Waals surface area contributed by atoms with Gasteiger partial charge in [0.05, 0.1) is 18.7 Å². The first kappa shape index (κ1) is 11.0. The molecule has 86 valence electrons. The maximum absolute atomic E-state index is 5.10. The summed E-state index contributed by atoms with van der Waals surface area (Å²) >= 11 is 0. The van der Waals surface area contributed by atoms with Crippen LogP contribution in [-0.4, -0.2) is 16.8 Å². The molecule has 0 spiro atoms. The van der Waals surface area contributed by atoms with E-state index in [-0.39, 0.29) is 6.04 Å². The number of rotatable bonds is 5. The Balaban J connectivity index is 2.07. The Morgan fingerprint density at radius 3 is 3.00 bits per heavy atom. The first-order valence-electron chi connectivity index (χ1n) is 5.54. The second kappa shape index (κ2) is 4.99. The van der Waals surface area contributed by atoms with Gasteiger partial charge in [-0.05, 0) is 32.0 Å². The van der Waals surface area contributed by atoms with Gasteiger partial charge in [-0.2, -0.15) is 5.10 Å². The lowest BCUT2D eigenvalue weighted by atomic mass is 10.0. The van der Waals surface area contributed by atoms with Gasteiger partial charge in [-0.15, -0.1) is 0 Å². The van der Waals surface area contributed by atoms with Crippen molar-refractivity contribution in [3.8, 4) is 0 Å². The summed E-state index contributed by atoms with van der Waals surface area (Å²) in [7, 11) is 1.96. The minimum Gasteiger partial charge on any atom is -0.472 e. The third-order valence-electron chi connectivity index (χ3n) is 2.74. The van der Waals surface area contributed by atoms with Crippen LogP contribution < -0.4 is 5.32 Å². The Morgan fingerprint density at radius 1 is 1.56 bits per heavy atom. The van der Waals surface area contributed by atoms with Gasteiger partial charge in [-0.1, -0.05) is 0 Å². The molecule has 16 heavy (non-hydrogen) atoms. The van der Waals surface area contributed by atoms with Crippen LogP contribution in [0.4, 0.5) is 0 Å². The molecule has 0 aliphatic carbocycles. The molecule has 2 rings (SSSR count). The van der Waals surface area contributed by atoms with Gasteiger partial charge in [-0.25, -0.2) is 0 Å². The van der Waals surface area contributed by atoms with Gasteiger partial charge in [0.2, 0.25) is 0 Å². The minimum atomic E-state index is 0.285. The molecule has 1 unspecified atom stereocenters. The highest BCUT2D eigenvalue weighted by Crippen LogP contribution is 2.18. The van der Waals surface area contributed by atoms with Gasteiger partial charge in [0, 0.05) is 24.3 Å². The zero-order chi connectivity index (χ0) is 11.4. The summed E-state index contributed by atoms with van der Waals surface area (Å²) in [4.78, 5) is 0. The highest BCUT2D eigenvalue weighted by atomic mass is 16.3. The van der Waals surface area contributed by atoms with Crippen LogP contribution in [0.5, 0.6) is 0 Å². The first-order chi connectivity index (χ1) is 7.83. The van der Waals surface area contributed by atoms with Crippen molar-refractivity contribution < 1.29 is 4.42 Å². The van der Waals surface area contributed by atoms with Crippen LogP contribution in [0.1, 0.15) is 24.1 Å². The van der Waals surface area contributed by atoms with Gasteiger partial charge in [-0.3, -0.25) is 4.68 Å². The van der Waals surface area contributed by atoms with E-state index in [1.165, 1.54) is 11.1 Å². The minimum absolute atomic E-state index is 0.285. The summed E-state index contributed by atoms with van der Waals surface area (Å²) in [6.45, 7) is 3.00. The molecule has 0 saturated heterocycles. The highest BCUT2D eigenvalue weighted by molar-refractivity contribution is 5.16. The Labute approximate surface area is 95.3 Å². The SMILES string of the molecule is CCn1cc(CC(NC)c2ccoc2)cn1. The molecule has 0 amide bonds. The van der Waals surface area contributed by atoms with Crippen molar-refractivity contribution in [1.82, 2.24) is 15.1 Å². The maximum atomic E-state index is 5.10. The van der Waals surface area contributed by atoms with Gasteiger partial charge >= 0.3 is 0 Å². The first-order valence-corrected chi connectivity index (χ1v) is 5.54. The standard InChI is InChI=1S/C12H17N3O/c1-3-15-8-10(7-14-15)6-12(13-2)11-4-5-16-9-11/h4-5,7-9,12-13H,3,6H2,1-2H3. The second-order valence-electron chi connectivity index (χ2n) is 3.81. The molecule has 2 heterocycles. The third kappa shape index (κ3) is 2.33. The number of likely N-dealkylation sites (N-methyl/N-ethyl adjacent to an activating group) is 1. The fourth-order valence-electron chi connectivity index (χ4n) is 1.78. The molecule has 1 atom stereocenters.